The zero-order valence-corrected chi connectivity index (χ0v) is 18.6. The van der Waals surface area contributed by atoms with Crippen molar-refractivity contribution in [2.75, 3.05) is 18.1 Å². The first-order valence-electron chi connectivity index (χ1n) is 10.8. The first-order chi connectivity index (χ1) is 16.3. The third kappa shape index (κ3) is 4.25. The van der Waals surface area contributed by atoms with Crippen LogP contribution >= 0.6 is 0 Å². The highest BCUT2D eigenvalue weighted by molar-refractivity contribution is 6.16. The standard InChI is InChI=1S/C25H22F3NO5/c1-3-32-20(30)11-14-9-10-15(12-19(14)26)29-13-18-21(24(29)31)23(33-4-2)17-8-6-5-7-16(17)22(18)34-25(27)28/h5-10,12,25H,3-4,11,13H2,1-2H3. The molecule has 0 aromatic heterocycles. The Morgan fingerprint density at radius 1 is 1.06 bits per heavy atom. The maximum atomic E-state index is 14.7. The predicted octanol–water partition coefficient (Wildman–Crippen LogP) is 5.25. The molecule has 0 saturated heterocycles. The number of carbonyl (C=O) groups excluding carboxylic acids is 2. The number of fused-ring (bicyclic) bond motifs is 2. The van der Waals surface area contributed by atoms with Gasteiger partial charge in [-0.05, 0) is 31.5 Å². The zero-order chi connectivity index (χ0) is 24.4. The van der Waals surface area contributed by atoms with Gasteiger partial charge in [0, 0.05) is 22.0 Å². The third-order valence-electron chi connectivity index (χ3n) is 5.48. The van der Waals surface area contributed by atoms with Gasteiger partial charge in [0.25, 0.3) is 5.91 Å². The summed E-state index contributed by atoms with van der Waals surface area (Å²) in [4.78, 5) is 26.4. The molecule has 3 aromatic rings. The van der Waals surface area contributed by atoms with Gasteiger partial charge in [0.15, 0.2) is 0 Å². The number of esters is 1. The highest BCUT2D eigenvalue weighted by Gasteiger charge is 2.37. The van der Waals surface area contributed by atoms with Gasteiger partial charge in [-0.1, -0.05) is 30.3 Å². The van der Waals surface area contributed by atoms with Crippen LogP contribution in [-0.4, -0.2) is 31.7 Å². The number of anilines is 1. The summed E-state index contributed by atoms with van der Waals surface area (Å²) in [5.41, 5.74) is 0.672. The molecule has 9 heteroatoms. The second-order valence-corrected chi connectivity index (χ2v) is 7.52. The summed E-state index contributed by atoms with van der Waals surface area (Å²) in [5, 5.41) is 0.848. The first-order valence-corrected chi connectivity index (χ1v) is 10.8. The van der Waals surface area contributed by atoms with Crippen LogP contribution in [0, 0.1) is 5.82 Å². The minimum Gasteiger partial charge on any atom is -0.492 e. The van der Waals surface area contributed by atoms with Crippen LogP contribution in [0.4, 0.5) is 18.9 Å². The van der Waals surface area contributed by atoms with Gasteiger partial charge in [-0.2, -0.15) is 8.78 Å². The molecule has 4 rings (SSSR count). The molecule has 6 nitrogen and oxygen atoms in total. The zero-order valence-electron chi connectivity index (χ0n) is 18.6. The molecule has 1 heterocycles. The van der Waals surface area contributed by atoms with E-state index in [0.717, 1.165) is 6.07 Å². The van der Waals surface area contributed by atoms with E-state index >= 15 is 0 Å². The lowest BCUT2D eigenvalue weighted by atomic mass is 9.99. The quantitative estimate of drug-likeness (QED) is 0.419. The van der Waals surface area contributed by atoms with E-state index in [0.29, 0.717) is 10.8 Å². The molecule has 34 heavy (non-hydrogen) atoms. The normalized spacial score (nSPS) is 12.9. The molecule has 0 fully saturated rings. The van der Waals surface area contributed by atoms with Crippen molar-refractivity contribution in [3.63, 3.8) is 0 Å². The maximum Gasteiger partial charge on any atom is 0.387 e. The molecule has 1 aliphatic heterocycles. The number of hydrogen-bond acceptors (Lipinski definition) is 5. The number of rotatable bonds is 8. The second kappa shape index (κ2) is 9.62. The van der Waals surface area contributed by atoms with Crippen LogP contribution in [0.25, 0.3) is 10.8 Å². The second-order valence-electron chi connectivity index (χ2n) is 7.52. The van der Waals surface area contributed by atoms with Gasteiger partial charge in [0.2, 0.25) is 0 Å². The Morgan fingerprint density at radius 2 is 1.76 bits per heavy atom. The van der Waals surface area contributed by atoms with Gasteiger partial charge in [-0.3, -0.25) is 9.59 Å². The first kappa shape index (κ1) is 23.4. The number of halogens is 3. The van der Waals surface area contributed by atoms with Crippen molar-refractivity contribution in [2.24, 2.45) is 0 Å². The van der Waals surface area contributed by atoms with Gasteiger partial charge >= 0.3 is 12.6 Å². The van der Waals surface area contributed by atoms with Crippen LogP contribution in [0.15, 0.2) is 42.5 Å². The lowest BCUT2D eigenvalue weighted by Gasteiger charge is -2.17. The summed E-state index contributed by atoms with van der Waals surface area (Å²) in [6.45, 7) is 0.612. The topological polar surface area (TPSA) is 65.1 Å². The number of nitrogens with zero attached hydrogens (tertiary/aromatic N) is 1. The van der Waals surface area contributed by atoms with E-state index in [1.807, 2.05) is 0 Å². The van der Waals surface area contributed by atoms with Crippen molar-refractivity contribution >= 4 is 28.3 Å². The minimum absolute atomic E-state index is 0.104. The van der Waals surface area contributed by atoms with E-state index in [1.165, 1.54) is 17.0 Å². The SMILES string of the molecule is CCOC(=O)Cc1ccc(N2Cc3c(c(OCC)c4ccccc4c3OC(F)F)C2=O)cc1F. The Balaban J connectivity index is 1.79. The largest absolute Gasteiger partial charge is 0.492 e. The average molecular weight is 473 g/mol. The third-order valence-corrected chi connectivity index (χ3v) is 5.48. The summed E-state index contributed by atoms with van der Waals surface area (Å²) in [7, 11) is 0. The van der Waals surface area contributed by atoms with E-state index in [-0.39, 0.29) is 60.1 Å². The fraction of sp³-hybridized carbons (Fsp3) is 0.280. The Morgan fingerprint density at radius 3 is 2.38 bits per heavy atom. The van der Waals surface area contributed by atoms with Gasteiger partial charge in [0.1, 0.15) is 17.3 Å². The summed E-state index contributed by atoms with van der Waals surface area (Å²) < 4.78 is 56.8. The number of benzene rings is 3. The molecule has 1 amide bonds. The molecular formula is C25H22F3NO5. The predicted molar refractivity (Wildman–Crippen MR) is 119 cm³/mol. The molecule has 0 bridgehead atoms. The van der Waals surface area contributed by atoms with Crippen molar-refractivity contribution in [3.05, 3.63) is 65.0 Å². The van der Waals surface area contributed by atoms with Crippen LogP contribution in [0.5, 0.6) is 11.5 Å². The van der Waals surface area contributed by atoms with Crippen LogP contribution in [-0.2, 0) is 22.5 Å². The molecule has 0 spiro atoms. The van der Waals surface area contributed by atoms with Crippen molar-refractivity contribution < 1.29 is 37.0 Å². The Hall–Kier alpha value is -3.75. The number of ether oxygens (including phenoxy) is 3. The molecule has 178 valence electrons. The van der Waals surface area contributed by atoms with Gasteiger partial charge in [0.05, 0.1) is 31.7 Å². The fourth-order valence-electron chi connectivity index (χ4n) is 4.11. The lowest BCUT2D eigenvalue weighted by molar-refractivity contribution is -0.142. The molecule has 3 aromatic carbocycles. The van der Waals surface area contributed by atoms with E-state index in [9.17, 15) is 22.8 Å². The molecule has 0 aliphatic carbocycles. The van der Waals surface area contributed by atoms with Crippen molar-refractivity contribution in [1.82, 2.24) is 0 Å². The smallest absolute Gasteiger partial charge is 0.387 e. The lowest BCUT2D eigenvalue weighted by Crippen LogP contribution is -2.23. The summed E-state index contributed by atoms with van der Waals surface area (Å²) in [6, 6.07) is 10.7. The van der Waals surface area contributed by atoms with Crippen molar-refractivity contribution in [2.45, 2.75) is 33.4 Å². The number of amides is 1. The minimum atomic E-state index is -3.10. The van der Waals surface area contributed by atoms with E-state index in [2.05, 4.69) is 0 Å². The molecule has 0 atom stereocenters. The Labute approximate surface area is 193 Å². The monoisotopic (exact) mass is 473 g/mol. The molecule has 0 radical (unpaired) electrons. The van der Waals surface area contributed by atoms with Crippen LogP contribution in [0.3, 0.4) is 0 Å². The maximum absolute atomic E-state index is 14.7. The highest BCUT2D eigenvalue weighted by atomic mass is 19.3. The number of carbonyl (C=O) groups is 2. The molecule has 0 unspecified atom stereocenters. The number of hydrogen-bond donors (Lipinski definition) is 0. The highest BCUT2D eigenvalue weighted by Crippen LogP contribution is 2.46. The van der Waals surface area contributed by atoms with Crippen molar-refractivity contribution in [1.29, 1.82) is 0 Å². The molecule has 0 N–H and O–H groups in total. The van der Waals surface area contributed by atoms with Crippen LogP contribution < -0.4 is 14.4 Å². The Kier molecular flexibility index (Phi) is 6.63. The molecule has 0 saturated carbocycles. The summed E-state index contributed by atoms with van der Waals surface area (Å²) in [6.07, 6.45) is -0.250. The van der Waals surface area contributed by atoms with Crippen LogP contribution in [0.1, 0.15) is 35.3 Å². The van der Waals surface area contributed by atoms with E-state index in [1.54, 1.807) is 38.1 Å². The summed E-state index contributed by atoms with van der Waals surface area (Å²) >= 11 is 0. The van der Waals surface area contributed by atoms with Crippen LogP contribution in [0.2, 0.25) is 0 Å². The van der Waals surface area contributed by atoms with E-state index < -0.39 is 24.3 Å². The van der Waals surface area contributed by atoms with Gasteiger partial charge in [-0.15, -0.1) is 0 Å². The summed E-state index contributed by atoms with van der Waals surface area (Å²) in [5.74, 6) is -1.63. The number of alkyl halides is 2. The van der Waals surface area contributed by atoms with E-state index in [4.69, 9.17) is 14.2 Å². The van der Waals surface area contributed by atoms with Gasteiger partial charge < -0.3 is 19.1 Å². The van der Waals surface area contributed by atoms with Crippen molar-refractivity contribution in [3.8, 4) is 11.5 Å². The molecule has 1 aliphatic rings. The Bertz CT molecular complexity index is 1260. The molecular weight excluding hydrogens is 451 g/mol. The fourth-order valence-corrected chi connectivity index (χ4v) is 4.11. The van der Waals surface area contributed by atoms with Gasteiger partial charge in [-0.25, -0.2) is 4.39 Å². The average Bonchev–Trinajstić information content (AvgIpc) is 3.14.